The zero-order chi connectivity index (χ0) is 14.7. The monoisotopic (exact) mass is 289 g/mol. The lowest BCUT2D eigenvalue weighted by atomic mass is 10.1. The Morgan fingerprint density at radius 2 is 2.05 bits per heavy atom. The fraction of sp³-hybridized carbons (Fsp3) is 0.706. The highest BCUT2D eigenvalue weighted by Gasteiger charge is 2.25. The Labute approximate surface area is 127 Å². The first-order valence-electron chi connectivity index (χ1n) is 8.34. The number of pyridine rings is 1. The summed E-state index contributed by atoms with van der Waals surface area (Å²) in [5, 5.41) is 12.9. The van der Waals surface area contributed by atoms with Crippen molar-refractivity contribution in [3.8, 4) is 0 Å². The average Bonchev–Trinajstić information content (AvgIpc) is 3.16. The van der Waals surface area contributed by atoms with Gasteiger partial charge in [0.15, 0.2) is 0 Å². The number of hydrogen-bond acceptors (Lipinski definition) is 4. The summed E-state index contributed by atoms with van der Waals surface area (Å²) in [6.45, 7) is 3.95. The molecule has 4 heteroatoms. The van der Waals surface area contributed by atoms with Gasteiger partial charge < -0.3 is 15.3 Å². The molecule has 0 bridgehead atoms. The van der Waals surface area contributed by atoms with Gasteiger partial charge in [0.2, 0.25) is 0 Å². The zero-order valence-electron chi connectivity index (χ0n) is 13.0. The van der Waals surface area contributed by atoms with E-state index in [4.69, 9.17) is 4.98 Å². The molecule has 0 aliphatic heterocycles. The van der Waals surface area contributed by atoms with Gasteiger partial charge in [-0.15, -0.1) is 0 Å². The van der Waals surface area contributed by atoms with Crippen LogP contribution in [-0.2, 0) is 6.54 Å². The lowest BCUT2D eigenvalue weighted by Gasteiger charge is -2.30. The first-order chi connectivity index (χ1) is 10.3. The third kappa shape index (κ3) is 3.74. The van der Waals surface area contributed by atoms with Crippen LogP contribution in [-0.4, -0.2) is 35.3 Å². The summed E-state index contributed by atoms with van der Waals surface area (Å²) in [6.07, 6.45) is 9.69. The molecule has 2 aliphatic carbocycles. The lowest BCUT2D eigenvalue weighted by molar-refractivity contribution is 0.296. The minimum Gasteiger partial charge on any atom is -0.395 e. The second-order valence-electron chi connectivity index (χ2n) is 6.49. The molecular formula is C17H27N3O. The van der Waals surface area contributed by atoms with Crippen molar-refractivity contribution in [2.75, 3.05) is 18.1 Å². The molecule has 4 nitrogen and oxygen atoms in total. The van der Waals surface area contributed by atoms with Gasteiger partial charge in [-0.2, -0.15) is 0 Å². The molecule has 116 valence electrons. The van der Waals surface area contributed by atoms with Crippen LogP contribution in [0.2, 0.25) is 0 Å². The van der Waals surface area contributed by atoms with Gasteiger partial charge in [0.05, 0.1) is 6.61 Å². The van der Waals surface area contributed by atoms with Crippen LogP contribution < -0.4 is 10.2 Å². The number of hydrogen-bond donors (Lipinski definition) is 2. The van der Waals surface area contributed by atoms with Gasteiger partial charge in [-0.3, -0.25) is 0 Å². The molecular weight excluding hydrogens is 262 g/mol. The smallest absolute Gasteiger partial charge is 0.131 e. The van der Waals surface area contributed by atoms with Crippen molar-refractivity contribution in [3.63, 3.8) is 0 Å². The number of aryl methyl sites for hydroxylation is 1. The molecule has 0 unspecified atom stereocenters. The van der Waals surface area contributed by atoms with Crippen LogP contribution in [0.1, 0.15) is 49.7 Å². The molecule has 21 heavy (non-hydrogen) atoms. The number of aliphatic hydroxyl groups excluding tert-OH is 1. The Morgan fingerprint density at radius 1 is 1.29 bits per heavy atom. The Hall–Kier alpha value is -1.13. The van der Waals surface area contributed by atoms with Crippen LogP contribution in [0.15, 0.2) is 12.3 Å². The highest BCUT2D eigenvalue weighted by atomic mass is 16.3. The number of nitrogens with zero attached hydrogens (tertiary/aromatic N) is 2. The molecule has 1 heterocycles. The summed E-state index contributed by atoms with van der Waals surface area (Å²) >= 11 is 0. The summed E-state index contributed by atoms with van der Waals surface area (Å²) in [5.74, 6) is 1.06. The molecule has 2 aliphatic rings. The summed E-state index contributed by atoms with van der Waals surface area (Å²) in [7, 11) is 0. The highest BCUT2D eigenvalue weighted by Crippen LogP contribution is 2.29. The maximum Gasteiger partial charge on any atom is 0.131 e. The van der Waals surface area contributed by atoms with Crippen molar-refractivity contribution >= 4 is 5.82 Å². The summed E-state index contributed by atoms with van der Waals surface area (Å²) in [6, 6.07) is 3.53. The van der Waals surface area contributed by atoms with E-state index in [-0.39, 0.29) is 6.61 Å². The minimum absolute atomic E-state index is 0.197. The number of nitrogens with one attached hydrogen (secondary N) is 1. The van der Waals surface area contributed by atoms with Crippen LogP contribution in [0.5, 0.6) is 0 Å². The van der Waals surface area contributed by atoms with E-state index >= 15 is 0 Å². The first-order valence-corrected chi connectivity index (χ1v) is 8.34. The van der Waals surface area contributed by atoms with Crippen LogP contribution >= 0.6 is 0 Å². The van der Waals surface area contributed by atoms with Gasteiger partial charge in [0, 0.05) is 31.4 Å². The maximum absolute atomic E-state index is 9.38. The van der Waals surface area contributed by atoms with Gasteiger partial charge in [0.25, 0.3) is 0 Å². The van der Waals surface area contributed by atoms with E-state index in [0.29, 0.717) is 12.6 Å². The van der Waals surface area contributed by atoms with Crippen LogP contribution in [0.4, 0.5) is 5.82 Å². The van der Waals surface area contributed by atoms with Crippen LogP contribution in [0.3, 0.4) is 0 Å². The van der Waals surface area contributed by atoms with Gasteiger partial charge in [0.1, 0.15) is 5.82 Å². The van der Waals surface area contributed by atoms with E-state index < -0.39 is 0 Å². The van der Waals surface area contributed by atoms with E-state index in [1.807, 2.05) is 6.20 Å². The molecule has 0 aromatic carbocycles. The number of aliphatic hydroxyl groups is 1. The Kier molecular flexibility index (Phi) is 4.76. The molecule has 0 amide bonds. The molecule has 2 N–H and O–H groups in total. The highest BCUT2D eigenvalue weighted by molar-refractivity contribution is 5.48. The number of rotatable bonds is 7. The molecule has 1 aromatic rings. The first kappa shape index (κ1) is 14.8. The molecule has 0 spiro atoms. The van der Waals surface area contributed by atoms with Crippen molar-refractivity contribution in [2.24, 2.45) is 0 Å². The predicted octanol–water partition coefficient (Wildman–Crippen LogP) is 2.38. The van der Waals surface area contributed by atoms with Gasteiger partial charge >= 0.3 is 0 Å². The van der Waals surface area contributed by atoms with E-state index in [1.165, 1.54) is 49.7 Å². The largest absolute Gasteiger partial charge is 0.395 e. The Balaban J connectivity index is 1.71. The van der Waals surface area contributed by atoms with E-state index in [2.05, 4.69) is 23.2 Å². The number of anilines is 1. The molecule has 2 saturated carbocycles. The Bertz CT molecular complexity index is 467. The Morgan fingerprint density at radius 3 is 2.67 bits per heavy atom. The second kappa shape index (κ2) is 6.75. The normalized spacial score (nSPS) is 19.1. The van der Waals surface area contributed by atoms with E-state index in [1.54, 1.807) is 0 Å². The van der Waals surface area contributed by atoms with Gasteiger partial charge in [-0.25, -0.2) is 4.98 Å². The average molecular weight is 289 g/mol. The second-order valence-corrected chi connectivity index (χ2v) is 6.49. The van der Waals surface area contributed by atoms with Crippen molar-refractivity contribution in [1.82, 2.24) is 10.3 Å². The quantitative estimate of drug-likeness (QED) is 0.809. The molecule has 0 atom stereocenters. The van der Waals surface area contributed by atoms with Crippen LogP contribution in [0.25, 0.3) is 0 Å². The van der Waals surface area contributed by atoms with Gasteiger partial charge in [-0.05, 0) is 49.8 Å². The molecule has 0 radical (unpaired) electrons. The fourth-order valence-corrected chi connectivity index (χ4v) is 3.36. The van der Waals surface area contributed by atoms with Crippen molar-refractivity contribution < 1.29 is 5.11 Å². The SMILES string of the molecule is Cc1cc(CNC2CC2)cnc1N(CCO)C1CCCC1. The fourth-order valence-electron chi connectivity index (χ4n) is 3.36. The third-order valence-corrected chi connectivity index (χ3v) is 4.66. The predicted molar refractivity (Wildman–Crippen MR) is 85.5 cm³/mol. The number of aromatic nitrogens is 1. The molecule has 0 saturated heterocycles. The summed E-state index contributed by atoms with van der Waals surface area (Å²) in [5.41, 5.74) is 2.49. The molecule has 1 aromatic heterocycles. The van der Waals surface area contributed by atoms with Gasteiger partial charge in [-0.1, -0.05) is 12.8 Å². The van der Waals surface area contributed by atoms with Crippen molar-refractivity contribution in [3.05, 3.63) is 23.4 Å². The summed E-state index contributed by atoms with van der Waals surface area (Å²) < 4.78 is 0. The topological polar surface area (TPSA) is 48.4 Å². The van der Waals surface area contributed by atoms with Crippen molar-refractivity contribution in [1.29, 1.82) is 0 Å². The zero-order valence-corrected chi connectivity index (χ0v) is 13.0. The van der Waals surface area contributed by atoms with E-state index in [0.717, 1.165) is 18.4 Å². The maximum atomic E-state index is 9.38. The standard InChI is InChI=1S/C17H27N3O/c1-13-10-14(11-18-15-6-7-15)12-19-17(13)20(8-9-21)16-4-2-3-5-16/h10,12,15-16,18,21H,2-9,11H2,1H3. The molecule has 3 rings (SSSR count). The van der Waals surface area contributed by atoms with Crippen molar-refractivity contribution in [2.45, 2.75) is 64.1 Å². The van der Waals surface area contributed by atoms with E-state index in [9.17, 15) is 5.11 Å². The molecule has 2 fully saturated rings. The minimum atomic E-state index is 0.197. The summed E-state index contributed by atoms with van der Waals surface area (Å²) in [4.78, 5) is 7.03. The third-order valence-electron chi connectivity index (χ3n) is 4.66. The lowest BCUT2D eigenvalue weighted by Crippen LogP contribution is -2.36. The van der Waals surface area contributed by atoms with Crippen LogP contribution in [0, 0.1) is 6.92 Å².